The number of halogens is 3. The molecule has 0 aliphatic carbocycles. The number of guanidine groups is 1. The average molecular weight is 430 g/mol. The Balaban J connectivity index is 1.76. The number of aryl methyl sites for hydroxylation is 1. The number of ether oxygens (including phenoxy) is 1. The van der Waals surface area contributed by atoms with E-state index in [0.717, 1.165) is 5.56 Å². The zero-order valence-corrected chi connectivity index (χ0v) is 16.3. The number of hydrogen-bond donors (Lipinski definition) is 3. The molecule has 0 saturated carbocycles. The minimum Gasteiger partial charge on any atom is -0.406 e. The largest absolute Gasteiger partial charge is 0.573 e. The molecule has 0 heterocycles. The fraction of sp³-hybridized carbons (Fsp3) is 0.278. The van der Waals surface area contributed by atoms with Gasteiger partial charge in [-0.2, -0.15) is 0 Å². The van der Waals surface area contributed by atoms with Crippen molar-refractivity contribution in [1.29, 1.82) is 0 Å². The minimum absolute atomic E-state index is 0.0788. The molecule has 0 aliphatic rings. The number of rotatable bonds is 8. The van der Waals surface area contributed by atoms with Gasteiger partial charge in [-0.15, -0.1) is 13.2 Å². The van der Waals surface area contributed by atoms with Gasteiger partial charge in [-0.05, 0) is 36.8 Å². The molecule has 29 heavy (non-hydrogen) atoms. The molecule has 2 rings (SSSR count). The summed E-state index contributed by atoms with van der Waals surface area (Å²) in [6.45, 7) is 2.30. The van der Waals surface area contributed by atoms with Crippen molar-refractivity contribution >= 4 is 16.0 Å². The summed E-state index contributed by atoms with van der Waals surface area (Å²) >= 11 is 0. The Morgan fingerprint density at radius 2 is 1.69 bits per heavy atom. The first-order valence-electron chi connectivity index (χ1n) is 8.50. The zero-order valence-electron chi connectivity index (χ0n) is 15.5. The van der Waals surface area contributed by atoms with Crippen molar-refractivity contribution in [2.45, 2.75) is 24.7 Å². The van der Waals surface area contributed by atoms with Gasteiger partial charge >= 0.3 is 6.36 Å². The maximum absolute atomic E-state index is 12.1. The molecular formula is C18H21F3N4O3S. The summed E-state index contributed by atoms with van der Waals surface area (Å²) in [6, 6.07) is 11.7. The zero-order chi connectivity index (χ0) is 21.5. The summed E-state index contributed by atoms with van der Waals surface area (Å²) in [5.74, 6) is -0.243. The molecule has 4 N–H and O–H groups in total. The lowest BCUT2D eigenvalue weighted by molar-refractivity contribution is -0.274. The molecule has 0 aromatic heterocycles. The van der Waals surface area contributed by atoms with Crippen molar-refractivity contribution in [2.75, 3.05) is 13.1 Å². The van der Waals surface area contributed by atoms with Gasteiger partial charge in [0.25, 0.3) is 0 Å². The quantitative estimate of drug-likeness (QED) is 0.339. The molecule has 7 nitrogen and oxygen atoms in total. The SMILES string of the molecule is Cc1ccc(S(=O)(=O)NCCNC(N)=NCc2ccc(OC(F)(F)F)cc2)cc1. The Kier molecular flexibility index (Phi) is 7.46. The van der Waals surface area contributed by atoms with Gasteiger partial charge in [0.2, 0.25) is 10.0 Å². The van der Waals surface area contributed by atoms with Crippen LogP contribution in [-0.4, -0.2) is 33.8 Å². The summed E-state index contributed by atoms with van der Waals surface area (Å²) in [4.78, 5) is 4.21. The Hall–Kier alpha value is -2.79. The van der Waals surface area contributed by atoms with Gasteiger partial charge in [0, 0.05) is 13.1 Å². The van der Waals surface area contributed by atoms with E-state index in [4.69, 9.17) is 5.73 Å². The second-order valence-corrected chi connectivity index (χ2v) is 7.80. The summed E-state index contributed by atoms with van der Waals surface area (Å²) in [5, 5.41) is 2.76. The van der Waals surface area contributed by atoms with Crippen LogP contribution in [-0.2, 0) is 16.6 Å². The van der Waals surface area contributed by atoms with E-state index >= 15 is 0 Å². The Bertz CT molecular complexity index is 928. The van der Waals surface area contributed by atoms with Crippen molar-refractivity contribution in [3.8, 4) is 5.75 Å². The molecule has 11 heteroatoms. The van der Waals surface area contributed by atoms with E-state index in [1.54, 1.807) is 12.1 Å². The lowest BCUT2D eigenvalue weighted by atomic mass is 10.2. The van der Waals surface area contributed by atoms with Crippen LogP contribution in [0.15, 0.2) is 58.4 Å². The van der Waals surface area contributed by atoms with Crippen LogP contribution in [0.2, 0.25) is 0 Å². The Morgan fingerprint density at radius 1 is 1.07 bits per heavy atom. The lowest BCUT2D eigenvalue weighted by Gasteiger charge is -2.09. The molecule has 0 spiro atoms. The van der Waals surface area contributed by atoms with Gasteiger partial charge in [-0.1, -0.05) is 29.8 Å². The van der Waals surface area contributed by atoms with Crippen LogP contribution < -0.4 is 20.5 Å². The van der Waals surface area contributed by atoms with E-state index in [1.165, 1.54) is 36.4 Å². The fourth-order valence-electron chi connectivity index (χ4n) is 2.21. The summed E-state index contributed by atoms with van der Waals surface area (Å²) in [6.07, 6.45) is -4.74. The fourth-order valence-corrected chi connectivity index (χ4v) is 3.24. The van der Waals surface area contributed by atoms with Gasteiger partial charge in [-0.3, -0.25) is 0 Å². The maximum atomic E-state index is 12.1. The first kappa shape index (κ1) is 22.5. The number of nitrogens with zero attached hydrogens (tertiary/aromatic N) is 1. The van der Waals surface area contributed by atoms with Gasteiger partial charge in [0.1, 0.15) is 5.75 Å². The molecule has 0 bridgehead atoms. The number of alkyl halides is 3. The molecule has 0 unspecified atom stereocenters. The predicted octanol–water partition coefficient (Wildman–Crippen LogP) is 2.28. The van der Waals surface area contributed by atoms with Crippen LogP contribution in [0.5, 0.6) is 5.75 Å². The third kappa shape index (κ3) is 8.00. The molecule has 0 radical (unpaired) electrons. The number of hydrogen-bond acceptors (Lipinski definition) is 4. The minimum atomic E-state index is -4.74. The smallest absolute Gasteiger partial charge is 0.406 e. The van der Waals surface area contributed by atoms with Crippen molar-refractivity contribution in [1.82, 2.24) is 10.0 Å². The van der Waals surface area contributed by atoms with Crippen LogP contribution in [0.1, 0.15) is 11.1 Å². The molecular weight excluding hydrogens is 409 g/mol. The topological polar surface area (TPSA) is 106 Å². The third-order valence-corrected chi connectivity index (χ3v) is 5.12. The van der Waals surface area contributed by atoms with E-state index in [0.29, 0.717) is 5.56 Å². The van der Waals surface area contributed by atoms with Crippen LogP contribution in [0.3, 0.4) is 0 Å². The highest BCUT2D eigenvalue weighted by Crippen LogP contribution is 2.22. The van der Waals surface area contributed by atoms with Gasteiger partial charge in [0.05, 0.1) is 11.4 Å². The molecule has 2 aromatic carbocycles. The van der Waals surface area contributed by atoms with Crippen LogP contribution in [0.4, 0.5) is 13.2 Å². The molecule has 158 valence electrons. The molecule has 0 fully saturated rings. The number of nitrogens with one attached hydrogen (secondary N) is 2. The summed E-state index contributed by atoms with van der Waals surface area (Å²) in [5.41, 5.74) is 7.29. The van der Waals surface area contributed by atoms with Crippen LogP contribution in [0.25, 0.3) is 0 Å². The second kappa shape index (κ2) is 9.61. The van der Waals surface area contributed by atoms with Gasteiger partial charge < -0.3 is 15.8 Å². The Labute approximate surface area is 166 Å². The summed E-state index contributed by atoms with van der Waals surface area (Å²) in [7, 11) is -3.61. The average Bonchev–Trinajstić information content (AvgIpc) is 2.64. The van der Waals surface area contributed by atoms with Gasteiger partial charge in [-0.25, -0.2) is 18.1 Å². The monoisotopic (exact) mass is 430 g/mol. The highest BCUT2D eigenvalue weighted by molar-refractivity contribution is 7.89. The molecule has 0 aliphatic heterocycles. The van der Waals surface area contributed by atoms with E-state index in [2.05, 4.69) is 19.8 Å². The Morgan fingerprint density at radius 3 is 2.28 bits per heavy atom. The number of nitrogens with two attached hydrogens (primary N) is 1. The van der Waals surface area contributed by atoms with Gasteiger partial charge in [0.15, 0.2) is 5.96 Å². The van der Waals surface area contributed by atoms with E-state index in [9.17, 15) is 21.6 Å². The second-order valence-electron chi connectivity index (χ2n) is 6.03. The molecule has 0 saturated heterocycles. The van der Waals surface area contributed by atoms with E-state index < -0.39 is 16.4 Å². The van der Waals surface area contributed by atoms with Crippen molar-refractivity contribution in [2.24, 2.45) is 10.7 Å². The van der Waals surface area contributed by atoms with E-state index in [1.807, 2.05) is 6.92 Å². The van der Waals surface area contributed by atoms with Crippen molar-refractivity contribution in [3.63, 3.8) is 0 Å². The number of aliphatic imine (C=N–C) groups is 1. The highest BCUT2D eigenvalue weighted by Gasteiger charge is 2.30. The van der Waals surface area contributed by atoms with Crippen LogP contribution in [0, 0.1) is 6.92 Å². The lowest BCUT2D eigenvalue weighted by Crippen LogP contribution is -2.38. The maximum Gasteiger partial charge on any atom is 0.573 e. The first-order chi connectivity index (χ1) is 13.5. The number of sulfonamides is 1. The predicted molar refractivity (Wildman–Crippen MR) is 103 cm³/mol. The van der Waals surface area contributed by atoms with Crippen molar-refractivity contribution < 1.29 is 26.3 Å². The summed E-state index contributed by atoms with van der Waals surface area (Å²) < 4.78 is 66.8. The van der Waals surface area contributed by atoms with E-state index in [-0.39, 0.29) is 36.2 Å². The molecule has 0 amide bonds. The van der Waals surface area contributed by atoms with Crippen molar-refractivity contribution in [3.05, 3.63) is 59.7 Å². The third-order valence-electron chi connectivity index (χ3n) is 3.64. The molecule has 0 atom stereocenters. The number of benzene rings is 2. The highest BCUT2D eigenvalue weighted by atomic mass is 32.2. The first-order valence-corrected chi connectivity index (χ1v) is 9.98. The standard InChI is InChI=1S/C18H21F3N4O3S/c1-13-2-8-16(9-3-13)29(26,27)25-11-10-23-17(22)24-12-14-4-6-15(7-5-14)28-18(19,20)21/h2-9,25H,10-12H2,1H3,(H3,22,23,24). The normalized spacial score (nSPS) is 12.6. The van der Waals surface area contributed by atoms with Crippen LogP contribution >= 0.6 is 0 Å². The molecule has 2 aromatic rings.